The molecule has 2 aromatic rings. The van der Waals surface area contributed by atoms with E-state index in [0.717, 1.165) is 5.56 Å². The van der Waals surface area contributed by atoms with Crippen LogP contribution in [-0.2, 0) is 4.79 Å². The molecule has 2 heterocycles. The Labute approximate surface area is 120 Å². The number of carbonyl (C=O) groups is 2. The number of aromatic amines is 1. The van der Waals surface area contributed by atoms with Crippen LogP contribution in [0.5, 0.6) is 0 Å². The molecule has 0 fully saturated rings. The number of thiophene rings is 1. The van der Waals surface area contributed by atoms with Crippen molar-refractivity contribution in [1.29, 1.82) is 0 Å². The first-order chi connectivity index (χ1) is 9.58. The molecule has 2 unspecified atom stereocenters. The quantitative estimate of drug-likeness (QED) is 0.780. The van der Waals surface area contributed by atoms with Gasteiger partial charge in [-0.3, -0.25) is 14.7 Å². The van der Waals surface area contributed by atoms with Gasteiger partial charge in [0.25, 0.3) is 5.91 Å². The lowest BCUT2D eigenvalue weighted by Crippen LogP contribution is -2.45. The van der Waals surface area contributed by atoms with Gasteiger partial charge in [-0.15, -0.1) is 11.3 Å². The molecule has 20 heavy (non-hydrogen) atoms. The van der Waals surface area contributed by atoms with Gasteiger partial charge in [0.1, 0.15) is 6.04 Å². The molecule has 106 valence electrons. The molecule has 0 saturated carbocycles. The minimum atomic E-state index is -0.598. The topological polar surface area (TPSA) is 86.9 Å². The maximum Gasteiger partial charge on any atom is 0.261 e. The fraction of sp³-hybridized carbons (Fsp3) is 0.308. The summed E-state index contributed by atoms with van der Waals surface area (Å²) >= 11 is 1.34. The Morgan fingerprint density at radius 2 is 2.15 bits per heavy atom. The van der Waals surface area contributed by atoms with Gasteiger partial charge in [0.2, 0.25) is 5.91 Å². The molecule has 0 spiro atoms. The summed E-state index contributed by atoms with van der Waals surface area (Å²) in [7, 11) is 0. The Bertz CT molecular complexity index is 565. The molecule has 2 aromatic heterocycles. The number of hydrogen-bond donors (Lipinski definition) is 3. The second-order valence-electron chi connectivity index (χ2n) is 4.43. The zero-order chi connectivity index (χ0) is 14.5. The van der Waals surface area contributed by atoms with Gasteiger partial charge in [0.05, 0.1) is 17.1 Å². The van der Waals surface area contributed by atoms with Crippen LogP contribution in [0.15, 0.2) is 29.9 Å². The van der Waals surface area contributed by atoms with Gasteiger partial charge in [-0.2, -0.15) is 5.10 Å². The van der Waals surface area contributed by atoms with Crippen LogP contribution >= 0.6 is 11.3 Å². The maximum atomic E-state index is 12.0. The number of aromatic nitrogens is 2. The van der Waals surface area contributed by atoms with Crippen molar-refractivity contribution in [2.45, 2.75) is 25.9 Å². The van der Waals surface area contributed by atoms with Crippen LogP contribution < -0.4 is 10.6 Å². The maximum absolute atomic E-state index is 12.0. The number of nitrogens with one attached hydrogen (secondary N) is 3. The molecule has 2 rings (SSSR count). The summed E-state index contributed by atoms with van der Waals surface area (Å²) in [6.45, 7) is 3.51. The fourth-order valence-corrected chi connectivity index (χ4v) is 2.29. The van der Waals surface area contributed by atoms with E-state index in [-0.39, 0.29) is 17.9 Å². The van der Waals surface area contributed by atoms with E-state index in [2.05, 4.69) is 20.8 Å². The number of amides is 2. The van der Waals surface area contributed by atoms with E-state index in [9.17, 15) is 9.59 Å². The highest BCUT2D eigenvalue weighted by molar-refractivity contribution is 7.12. The van der Waals surface area contributed by atoms with Crippen LogP contribution in [0.4, 0.5) is 0 Å². The largest absolute Gasteiger partial charge is 0.348 e. The first-order valence-electron chi connectivity index (χ1n) is 6.21. The van der Waals surface area contributed by atoms with Crippen molar-refractivity contribution in [3.05, 3.63) is 40.3 Å². The average Bonchev–Trinajstić information content (AvgIpc) is 3.11. The Balaban J connectivity index is 1.87. The van der Waals surface area contributed by atoms with Crippen molar-refractivity contribution in [1.82, 2.24) is 20.8 Å². The van der Waals surface area contributed by atoms with E-state index < -0.39 is 6.04 Å². The molecular weight excluding hydrogens is 276 g/mol. The van der Waals surface area contributed by atoms with Crippen molar-refractivity contribution in [2.24, 2.45) is 0 Å². The second-order valence-corrected chi connectivity index (χ2v) is 5.38. The van der Waals surface area contributed by atoms with Gasteiger partial charge in [-0.1, -0.05) is 6.07 Å². The number of carbonyl (C=O) groups excluding carboxylic acids is 2. The lowest BCUT2D eigenvalue weighted by molar-refractivity contribution is -0.123. The zero-order valence-electron chi connectivity index (χ0n) is 11.2. The molecule has 7 heteroatoms. The number of nitrogens with zero attached hydrogens (tertiary/aromatic N) is 1. The predicted molar refractivity (Wildman–Crippen MR) is 76.4 cm³/mol. The van der Waals surface area contributed by atoms with Crippen molar-refractivity contribution in [2.75, 3.05) is 0 Å². The van der Waals surface area contributed by atoms with E-state index in [1.807, 2.05) is 12.3 Å². The molecule has 0 saturated heterocycles. The average molecular weight is 292 g/mol. The Morgan fingerprint density at radius 1 is 1.35 bits per heavy atom. The molecule has 0 aliphatic rings. The molecule has 0 bridgehead atoms. The fourth-order valence-electron chi connectivity index (χ4n) is 1.66. The first kappa shape index (κ1) is 14.3. The van der Waals surface area contributed by atoms with Crippen molar-refractivity contribution in [3.8, 4) is 0 Å². The van der Waals surface area contributed by atoms with Gasteiger partial charge in [-0.05, 0) is 25.3 Å². The third kappa shape index (κ3) is 3.45. The number of rotatable bonds is 5. The number of H-pyrrole nitrogens is 1. The zero-order valence-corrected chi connectivity index (χ0v) is 12.0. The van der Waals surface area contributed by atoms with Gasteiger partial charge in [0, 0.05) is 11.8 Å². The van der Waals surface area contributed by atoms with Crippen LogP contribution in [0, 0.1) is 0 Å². The van der Waals surface area contributed by atoms with E-state index >= 15 is 0 Å². The van der Waals surface area contributed by atoms with Gasteiger partial charge in [-0.25, -0.2) is 0 Å². The van der Waals surface area contributed by atoms with Crippen molar-refractivity contribution < 1.29 is 9.59 Å². The predicted octanol–water partition coefficient (Wildman–Crippen LogP) is 1.47. The van der Waals surface area contributed by atoms with Crippen LogP contribution in [0.3, 0.4) is 0 Å². The standard InChI is InChI=1S/C13H16N4O2S/c1-8(10-6-14-15-7-10)16-12(18)9(2)17-13(19)11-4-3-5-20-11/h3-9H,1-2H3,(H,14,15)(H,16,18)(H,17,19). The smallest absolute Gasteiger partial charge is 0.261 e. The molecule has 6 nitrogen and oxygen atoms in total. The third-order valence-corrected chi connectivity index (χ3v) is 3.73. The molecule has 0 aliphatic heterocycles. The first-order valence-corrected chi connectivity index (χ1v) is 7.09. The van der Waals surface area contributed by atoms with Crippen LogP contribution in [0.1, 0.15) is 35.1 Å². The third-order valence-electron chi connectivity index (χ3n) is 2.86. The van der Waals surface area contributed by atoms with Crippen LogP contribution in [0.25, 0.3) is 0 Å². The summed E-state index contributed by atoms with van der Waals surface area (Å²) in [6.07, 6.45) is 3.37. The molecule has 2 atom stereocenters. The SMILES string of the molecule is CC(NC(=O)c1cccs1)C(=O)NC(C)c1cn[nH]c1. The normalized spacial score (nSPS) is 13.5. The van der Waals surface area contributed by atoms with Crippen molar-refractivity contribution in [3.63, 3.8) is 0 Å². The molecule has 0 aromatic carbocycles. The Hall–Kier alpha value is -2.15. The van der Waals surface area contributed by atoms with E-state index in [0.29, 0.717) is 4.88 Å². The molecule has 0 radical (unpaired) electrons. The molecule has 0 aliphatic carbocycles. The van der Waals surface area contributed by atoms with Gasteiger partial charge < -0.3 is 10.6 Å². The summed E-state index contributed by atoms with van der Waals surface area (Å²) in [4.78, 5) is 24.4. The van der Waals surface area contributed by atoms with E-state index in [1.54, 1.807) is 31.5 Å². The van der Waals surface area contributed by atoms with E-state index in [1.165, 1.54) is 11.3 Å². The second kappa shape index (κ2) is 6.33. The Kier molecular flexibility index (Phi) is 4.52. The van der Waals surface area contributed by atoms with Crippen LogP contribution in [-0.4, -0.2) is 28.1 Å². The molecule has 2 amide bonds. The highest BCUT2D eigenvalue weighted by atomic mass is 32.1. The highest BCUT2D eigenvalue weighted by Gasteiger charge is 2.19. The number of hydrogen-bond acceptors (Lipinski definition) is 4. The summed E-state index contributed by atoms with van der Waals surface area (Å²) in [5.41, 5.74) is 0.884. The summed E-state index contributed by atoms with van der Waals surface area (Å²) < 4.78 is 0. The minimum absolute atomic E-state index is 0.165. The van der Waals surface area contributed by atoms with Crippen LogP contribution in [0.2, 0.25) is 0 Å². The highest BCUT2D eigenvalue weighted by Crippen LogP contribution is 2.10. The van der Waals surface area contributed by atoms with Crippen molar-refractivity contribution >= 4 is 23.2 Å². The lowest BCUT2D eigenvalue weighted by Gasteiger charge is -2.17. The molecule has 3 N–H and O–H groups in total. The summed E-state index contributed by atoms with van der Waals surface area (Å²) in [5, 5.41) is 13.8. The summed E-state index contributed by atoms with van der Waals surface area (Å²) in [5.74, 6) is -0.470. The summed E-state index contributed by atoms with van der Waals surface area (Å²) in [6, 6.07) is 2.76. The Morgan fingerprint density at radius 3 is 2.75 bits per heavy atom. The minimum Gasteiger partial charge on any atom is -0.348 e. The monoisotopic (exact) mass is 292 g/mol. The van der Waals surface area contributed by atoms with E-state index in [4.69, 9.17) is 0 Å². The van der Waals surface area contributed by atoms with Gasteiger partial charge in [0.15, 0.2) is 0 Å². The van der Waals surface area contributed by atoms with Gasteiger partial charge >= 0.3 is 0 Å². The molecular formula is C13H16N4O2S. The lowest BCUT2D eigenvalue weighted by atomic mass is 10.2.